The Morgan fingerprint density at radius 1 is 1.28 bits per heavy atom. The molecule has 1 unspecified atom stereocenters. The molecule has 0 bridgehead atoms. The zero-order valence-corrected chi connectivity index (χ0v) is 16.6. The SMILES string of the molecule is CC1(CNc2cc(-c3ccnc(NC(=O)C4CCNC4)n3)ncn2)CCOCC1. The second kappa shape index (κ2) is 8.79. The lowest BCUT2D eigenvalue weighted by Crippen LogP contribution is -2.33. The summed E-state index contributed by atoms with van der Waals surface area (Å²) < 4.78 is 5.46. The first-order chi connectivity index (χ1) is 14.1. The molecule has 3 N–H and O–H groups in total. The Balaban J connectivity index is 1.43. The second-order valence-corrected chi connectivity index (χ2v) is 8.01. The smallest absolute Gasteiger partial charge is 0.231 e. The van der Waals surface area contributed by atoms with Crippen molar-refractivity contribution in [2.45, 2.75) is 26.2 Å². The van der Waals surface area contributed by atoms with Gasteiger partial charge < -0.3 is 15.4 Å². The highest BCUT2D eigenvalue weighted by Gasteiger charge is 2.27. The van der Waals surface area contributed by atoms with E-state index in [-0.39, 0.29) is 17.2 Å². The maximum atomic E-state index is 12.3. The van der Waals surface area contributed by atoms with Gasteiger partial charge in [0.2, 0.25) is 11.9 Å². The molecule has 2 aliphatic heterocycles. The summed E-state index contributed by atoms with van der Waals surface area (Å²) in [6.45, 7) is 6.26. The number of ether oxygens (including phenoxy) is 1. The summed E-state index contributed by atoms with van der Waals surface area (Å²) in [5.41, 5.74) is 1.52. The van der Waals surface area contributed by atoms with Crippen molar-refractivity contribution in [3.63, 3.8) is 0 Å². The van der Waals surface area contributed by atoms with Crippen LogP contribution in [0, 0.1) is 11.3 Å². The fourth-order valence-corrected chi connectivity index (χ4v) is 3.59. The van der Waals surface area contributed by atoms with E-state index in [1.54, 1.807) is 12.3 Å². The number of nitrogens with one attached hydrogen (secondary N) is 3. The Kier molecular flexibility index (Phi) is 5.96. The number of hydrogen-bond acceptors (Lipinski definition) is 8. The molecule has 0 aromatic carbocycles. The summed E-state index contributed by atoms with van der Waals surface area (Å²) in [5.74, 6) is 0.955. The molecule has 9 nitrogen and oxygen atoms in total. The van der Waals surface area contributed by atoms with Gasteiger partial charge in [0, 0.05) is 38.6 Å². The molecular formula is C20H27N7O2. The third-order valence-electron chi connectivity index (χ3n) is 5.65. The molecule has 2 aromatic rings. The minimum absolute atomic E-state index is 0.0383. The Morgan fingerprint density at radius 2 is 2.14 bits per heavy atom. The predicted molar refractivity (Wildman–Crippen MR) is 109 cm³/mol. The summed E-state index contributed by atoms with van der Waals surface area (Å²) in [6, 6.07) is 3.65. The lowest BCUT2D eigenvalue weighted by atomic mass is 9.82. The van der Waals surface area contributed by atoms with Gasteiger partial charge in [-0.3, -0.25) is 10.1 Å². The molecule has 0 aliphatic carbocycles. The lowest BCUT2D eigenvalue weighted by Gasteiger charge is -2.33. The maximum Gasteiger partial charge on any atom is 0.231 e. The third-order valence-corrected chi connectivity index (χ3v) is 5.65. The molecule has 0 radical (unpaired) electrons. The van der Waals surface area contributed by atoms with Gasteiger partial charge in [0.15, 0.2) is 0 Å². The second-order valence-electron chi connectivity index (χ2n) is 8.01. The van der Waals surface area contributed by atoms with E-state index in [0.717, 1.165) is 51.4 Å². The van der Waals surface area contributed by atoms with E-state index in [1.165, 1.54) is 6.33 Å². The first-order valence-corrected chi connectivity index (χ1v) is 10.1. The summed E-state index contributed by atoms with van der Waals surface area (Å²) >= 11 is 0. The van der Waals surface area contributed by atoms with Gasteiger partial charge in [-0.25, -0.2) is 19.9 Å². The Morgan fingerprint density at radius 3 is 2.93 bits per heavy atom. The van der Waals surface area contributed by atoms with Crippen molar-refractivity contribution in [3.05, 3.63) is 24.7 Å². The molecule has 0 spiro atoms. The number of anilines is 2. The van der Waals surface area contributed by atoms with Crippen LogP contribution in [0.1, 0.15) is 26.2 Å². The fourth-order valence-electron chi connectivity index (χ4n) is 3.59. The maximum absolute atomic E-state index is 12.3. The van der Waals surface area contributed by atoms with Gasteiger partial charge in [-0.05, 0) is 37.3 Å². The molecule has 2 saturated heterocycles. The number of aromatic nitrogens is 4. The molecule has 4 heterocycles. The Bertz CT molecular complexity index is 848. The molecule has 9 heteroatoms. The van der Waals surface area contributed by atoms with Crippen LogP contribution in [0.25, 0.3) is 11.4 Å². The van der Waals surface area contributed by atoms with E-state index in [2.05, 4.69) is 42.8 Å². The zero-order valence-electron chi connectivity index (χ0n) is 16.6. The van der Waals surface area contributed by atoms with Gasteiger partial charge in [-0.2, -0.15) is 0 Å². The Labute approximate surface area is 170 Å². The summed E-state index contributed by atoms with van der Waals surface area (Å²) in [6.07, 6.45) is 6.04. The lowest BCUT2D eigenvalue weighted by molar-refractivity contribution is -0.119. The van der Waals surface area contributed by atoms with Crippen LogP contribution in [0.5, 0.6) is 0 Å². The van der Waals surface area contributed by atoms with Gasteiger partial charge in [-0.15, -0.1) is 0 Å². The van der Waals surface area contributed by atoms with Crippen LogP contribution >= 0.6 is 0 Å². The van der Waals surface area contributed by atoms with Crippen LogP contribution in [0.15, 0.2) is 24.7 Å². The highest BCUT2D eigenvalue weighted by atomic mass is 16.5. The number of carbonyl (C=O) groups is 1. The largest absolute Gasteiger partial charge is 0.381 e. The minimum Gasteiger partial charge on any atom is -0.381 e. The van der Waals surface area contributed by atoms with Crippen LogP contribution in [-0.2, 0) is 9.53 Å². The van der Waals surface area contributed by atoms with Crippen molar-refractivity contribution in [1.29, 1.82) is 0 Å². The molecule has 154 valence electrons. The average molecular weight is 397 g/mol. The molecule has 2 aliphatic rings. The number of rotatable bonds is 6. The van der Waals surface area contributed by atoms with Crippen LogP contribution < -0.4 is 16.0 Å². The molecule has 1 atom stereocenters. The number of carbonyl (C=O) groups excluding carboxylic acids is 1. The first-order valence-electron chi connectivity index (χ1n) is 10.1. The number of nitrogens with zero attached hydrogens (tertiary/aromatic N) is 4. The van der Waals surface area contributed by atoms with Gasteiger partial charge in [0.25, 0.3) is 0 Å². The topological polar surface area (TPSA) is 114 Å². The Hall–Kier alpha value is -2.65. The summed E-state index contributed by atoms with van der Waals surface area (Å²) in [5, 5.41) is 9.42. The summed E-state index contributed by atoms with van der Waals surface area (Å²) in [7, 11) is 0. The fraction of sp³-hybridized carbons (Fsp3) is 0.550. The molecule has 1 amide bonds. The van der Waals surface area contributed by atoms with Crippen LogP contribution in [0.4, 0.5) is 11.8 Å². The monoisotopic (exact) mass is 397 g/mol. The van der Waals surface area contributed by atoms with E-state index >= 15 is 0 Å². The molecule has 4 rings (SSSR count). The average Bonchev–Trinajstić information content (AvgIpc) is 3.29. The number of hydrogen-bond donors (Lipinski definition) is 3. The molecule has 29 heavy (non-hydrogen) atoms. The van der Waals surface area contributed by atoms with E-state index in [9.17, 15) is 4.79 Å². The molecule has 2 fully saturated rings. The van der Waals surface area contributed by atoms with E-state index < -0.39 is 0 Å². The van der Waals surface area contributed by atoms with Gasteiger partial charge >= 0.3 is 0 Å². The molecule has 0 saturated carbocycles. The normalized spacial score (nSPS) is 20.9. The van der Waals surface area contributed by atoms with E-state index in [1.807, 2.05) is 6.07 Å². The third kappa shape index (κ3) is 5.04. The molecule has 2 aromatic heterocycles. The van der Waals surface area contributed by atoms with Gasteiger partial charge in [0.05, 0.1) is 17.3 Å². The van der Waals surface area contributed by atoms with Crippen molar-refractivity contribution in [3.8, 4) is 11.4 Å². The van der Waals surface area contributed by atoms with Crippen LogP contribution in [0.3, 0.4) is 0 Å². The molecular weight excluding hydrogens is 370 g/mol. The zero-order chi connectivity index (χ0) is 20.1. The quantitative estimate of drug-likeness (QED) is 0.675. The van der Waals surface area contributed by atoms with Crippen molar-refractivity contribution in [1.82, 2.24) is 25.3 Å². The van der Waals surface area contributed by atoms with Crippen LogP contribution in [0.2, 0.25) is 0 Å². The van der Waals surface area contributed by atoms with E-state index in [0.29, 0.717) is 23.9 Å². The van der Waals surface area contributed by atoms with E-state index in [4.69, 9.17) is 4.74 Å². The first kappa shape index (κ1) is 19.7. The van der Waals surface area contributed by atoms with Crippen molar-refractivity contribution in [2.24, 2.45) is 11.3 Å². The summed E-state index contributed by atoms with van der Waals surface area (Å²) in [4.78, 5) is 29.6. The number of amides is 1. The standard InChI is InChI=1S/C20H27N7O2/c1-20(4-8-29-9-5-20)12-23-17-10-16(24-13-25-17)15-3-7-22-19(26-15)27-18(28)14-2-6-21-11-14/h3,7,10,13-14,21H,2,4-6,8-9,11-12H2,1H3,(H,23,24,25)(H,22,26,27,28). The van der Waals surface area contributed by atoms with Gasteiger partial charge in [0.1, 0.15) is 12.1 Å². The van der Waals surface area contributed by atoms with Crippen molar-refractivity contribution >= 4 is 17.7 Å². The van der Waals surface area contributed by atoms with Crippen molar-refractivity contribution < 1.29 is 9.53 Å². The van der Waals surface area contributed by atoms with Gasteiger partial charge in [-0.1, -0.05) is 6.92 Å². The van der Waals surface area contributed by atoms with Crippen LogP contribution in [-0.4, -0.2) is 58.7 Å². The minimum atomic E-state index is -0.0538. The highest BCUT2D eigenvalue weighted by molar-refractivity contribution is 5.91. The predicted octanol–water partition coefficient (Wildman–Crippen LogP) is 1.71. The van der Waals surface area contributed by atoms with Crippen molar-refractivity contribution in [2.75, 3.05) is 43.5 Å². The highest BCUT2D eigenvalue weighted by Crippen LogP contribution is 2.30.